The van der Waals surface area contributed by atoms with E-state index in [9.17, 15) is 0 Å². The van der Waals surface area contributed by atoms with Crippen molar-refractivity contribution in [3.63, 3.8) is 0 Å². The third kappa shape index (κ3) is 2.17. The van der Waals surface area contributed by atoms with Gasteiger partial charge in [-0.15, -0.1) is 0 Å². The summed E-state index contributed by atoms with van der Waals surface area (Å²) in [7, 11) is -6.82. The molecule has 0 saturated carbocycles. The first-order valence-corrected chi connectivity index (χ1v) is 5.77. The molecule has 0 radical (unpaired) electrons. The van der Waals surface area contributed by atoms with E-state index >= 15 is 0 Å². The van der Waals surface area contributed by atoms with Gasteiger partial charge in [0.05, 0.1) is 8.07 Å². The third-order valence-electron chi connectivity index (χ3n) is 2.05. The highest BCUT2D eigenvalue weighted by atomic mass is 28.3. The summed E-state index contributed by atoms with van der Waals surface area (Å²) in [6.07, 6.45) is 0. The number of hydrogen-bond acceptors (Lipinski definition) is 0. The summed E-state index contributed by atoms with van der Waals surface area (Å²) >= 11 is 0. The molecule has 0 aromatic rings. The molecule has 0 amide bonds. The molecule has 0 atom stereocenters. The van der Waals surface area contributed by atoms with Crippen molar-refractivity contribution in [1.82, 2.24) is 0 Å². The summed E-state index contributed by atoms with van der Waals surface area (Å²) in [6.45, 7) is -28.8. The van der Waals surface area contributed by atoms with Crippen molar-refractivity contribution in [2.75, 3.05) is 0 Å². The lowest BCUT2D eigenvalue weighted by Gasteiger charge is -2.52. The molecule has 0 spiro atoms. The Hall–Kier alpha value is 0.217. The van der Waals surface area contributed by atoms with E-state index in [1.54, 1.807) is 0 Å². The minimum atomic E-state index is -6.82. The van der Waals surface area contributed by atoms with E-state index in [1.807, 2.05) is 0 Å². The summed E-state index contributed by atoms with van der Waals surface area (Å²) in [5.74, 6) is 0. The second kappa shape index (κ2) is 3.41. The zero-order valence-electron chi connectivity index (χ0n) is 28.6. The first-order chi connectivity index (χ1) is 14.2. The Balaban J connectivity index is 9.44. The van der Waals surface area contributed by atoms with Crippen molar-refractivity contribution in [2.24, 2.45) is 0 Å². The van der Waals surface area contributed by atoms with Gasteiger partial charge in [0.25, 0.3) is 0 Å². The van der Waals surface area contributed by atoms with E-state index in [0.29, 0.717) is 0 Å². The Kier molecular flexibility index (Phi) is 0.470. The van der Waals surface area contributed by atoms with Gasteiger partial charge in [0.15, 0.2) is 0 Å². The quantitative estimate of drug-likeness (QED) is 0.542. The average molecular weight is 222 g/mol. The van der Waals surface area contributed by atoms with Crippen molar-refractivity contribution in [1.29, 1.82) is 0 Å². The standard InChI is InChI=1S/C12H28Si/c1-10(2)13(9,11(3,4)5)12(6,7)8/h10H,1-9H3/i3D3,4D3,5D3,6D3,7D3,8D3,9D3. The molecule has 0 aromatic heterocycles. The lowest BCUT2D eigenvalue weighted by Crippen LogP contribution is -2.51. The van der Waals surface area contributed by atoms with Crippen LogP contribution in [0.1, 0.15) is 83.7 Å². The van der Waals surface area contributed by atoms with E-state index in [-0.39, 0.29) is 0 Å². The third-order valence-corrected chi connectivity index (χ3v) is 6.15. The van der Waals surface area contributed by atoms with Gasteiger partial charge >= 0.3 is 0 Å². The van der Waals surface area contributed by atoms with Gasteiger partial charge in [-0.25, -0.2) is 0 Å². The highest BCUT2D eigenvalue weighted by Gasteiger charge is 2.50. The van der Waals surface area contributed by atoms with Crippen molar-refractivity contribution < 1.29 is 28.8 Å². The first kappa shape index (κ1) is 1.79. The molecule has 0 nitrogen and oxygen atoms in total. The molecular formula is C12H28Si. The van der Waals surface area contributed by atoms with Gasteiger partial charge in [-0.05, 0) is 10.1 Å². The molecule has 1 heteroatoms. The summed E-state index contributed by atoms with van der Waals surface area (Å²) in [6, 6.07) is 0. The van der Waals surface area contributed by atoms with Crippen molar-refractivity contribution in [3.8, 4) is 0 Å². The van der Waals surface area contributed by atoms with Gasteiger partial charge in [0.1, 0.15) is 0 Å². The second-order valence-electron chi connectivity index (χ2n) is 3.46. The first-order valence-electron chi connectivity index (χ1n) is 14.2. The van der Waals surface area contributed by atoms with Crippen LogP contribution >= 0.6 is 0 Å². The van der Waals surface area contributed by atoms with Crippen molar-refractivity contribution >= 4 is 8.07 Å². The van der Waals surface area contributed by atoms with E-state index in [1.165, 1.54) is 0 Å². The topological polar surface area (TPSA) is 0 Å². The summed E-state index contributed by atoms with van der Waals surface area (Å²) in [4.78, 5) is 0. The zero-order chi connectivity index (χ0) is 28.6. The van der Waals surface area contributed by atoms with Crippen LogP contribution in [-0.2, 0) is 0 Å². The Morgan fingerprint density at radius 3 is 1.46 bits per heavy atom. The van der Waals surface area contributed by atoms with Gasteiger partial charge in [-0.1, -0.05) is 67.0 Å². The molecule has 0 rings (SSSR count). The van der Waals surface area contributed by atoms with Crippen LogP contribution in [0.2, 0.25) is 22.1 Å². The minimum Gasteiger partial charge on any atom is -0.0682 e. The minimum absolute atomic E-state index is 0.772. The average Bonchev–Trinajstić information content (AvgIpc) is 2.34. The fraction of sp³-hybridized carbons (Fsp3) is 1.00. The highest BCUT2D eigenvalue weighted by molar-refractivity contribution is 6.85. The maximum absolute atomic E-state index is 8.25. The smallest absolute Gasteiger partial charge is 0.0638 e. The van der Waals surface area contributed by atoms with Gasteiger partial charge in [-0.2, -0.15) is 0 Å². The number of hydrogen-bond donors (Lipinski definition) is 0. The number of rotatable bonds is 1. The van der Waals surface area contributed by atoms with E-state index < -0.39 is 71.3 Å². The lowest BCUT2D eigenvalue weighted by atomic mass is 10.2. The predicted octanol–water partition coefficient (Wildman–Crippen LogP) is 5.08. The maximum Gasteiger partial charge on any atom is 0.0638 e. The monoisotopic (exact) mass is 221 g/mol. The van der Waals surface area contributed by atoms with Crippen molar-refractivity contribution in [3.05, 3.63) is 0 Å². The molecule has 0 fully saturated rings. The van der Waals surface area contributed by atoms with E-state index in [2.05, 4.69) is 0 Å². The molecule has 0 bridgehead atoms. The fourth-order valence-corrected chi connectivity index (χ4v) is 3.44. The molecule has 13 heavy (non-hydrogen) atoms. The van der Waals surface area contributed by atoms with Crippen LogP contribution in [0, 0.1) is 0 Å². The van der Waals surface area contributed by atoms with Crippen LogP contribution in [0.3, 0.4) is 0 Å². The second-order valence-corrected chi connectivity index (χ2v) is 7.73. The molecule has 0 aliphatic carbocycles. The van der Waals surface area contributed by atoms with Crippen LogP contribution < -0.4 is 0 Å². The van der Waals surface area contributed by atoms with E-state index in [4.69, 9.17) is 28.8 Å². The summed E-state index contributed by atoms with van der Waals surface area (Å²) in [5, 5.41) is -9.03. The van der Waals surface area contributed by atoms with Gasteiger partial charge < -0.3 is 0 Å². The van der Waals surface area contributed by atoms with Gasteiger partial charge in [0.2, 0.25) is 0 Å². The Bertz CT molecular complexity index is 594. The molecule has 0 unspecified atom stereocenters. The molecule has 0 aliphatic heterocycles. The molecule has 0 N–H and O–H groups in total. The summed E-state index contributed by atoms with van der Waals surface area (Å²) < 4.78 is 169. The van der Waals surface area contributed by atoms with Gasteiger partial charge in [-0.3, -0.25) is 0 Å². The highest BCUT2D eigenvalue weighted by Crippen LogP contribution is 2.56. The zero-order valence-corrected chi connectivity index (χ0v) is 8.58. The van der Waals surface area contributed by atoms with E-state index in [0.717, 1.165) is 13.8 Å². The molecule has 0 heterocycles. The molecule has 80 valence electrons. The van der Waals surface area contributed by atoms with Crippen LogP contribution in [0.4, 0.5) is 0 Å². The molecular weight excluding hydrogens is 172 g/mol. The summed E-state index contributed by atoms with van der Waals surface area (Å²) in [5.41, 5.74) is -2.11. The Morgan fingerprint density at radius 1 is 0.923 bits per heavy atom. The molecule has 0 aromatic carbocycles. The Labute approximate surface area is 116 Å². The lowest BCUT2D eigenvalue weighted by molar-refractivity contribution is 0.592. The van der Waals surface area contributed by atoms with Gasteiger partial charge in [0, 0.05) is 28.8 Å². The maximum atomic E-state index is 8.25. The van der Waals surface area contributed by atoms with Crippen molar-refractivity contribution in [2.45, 2.75) is 77.1 Å². The molecule has 0 aliphatic rings. The fourth-order valence-electron chi connectivity index (χ4n) is 1.15. The predicted molar refractivity (Wildman–Crippen MR) is 66.1 cm³/mol. The largest absolute Gasteiger partial charge is 0.0682 e. The van der Waals surface area contributed by atoms with Crippen LogP contribution in [0.25, 0.3) is 0 Å². The van der Waals surface area contributed by atoms with Crippen LogP contribution in [0.15, 0.2) is 0 Å². The normalized spacial score (nSPS) is 45.9. The molecule has 0 saturated heterocycles. The van der Waals surface area contributed by atoms with Crippen LogP contribution in [0.5, 0.6) is 0 Å². The van der Waals surface area contributed by atoms with Crippen LogP contribution in [-0.4, -0.2) is 8.07 Å². The Morgan fingerprint density at radius 2 is 1.31 bits per heavy atom. The SMILES string of the molecule is [2H]C([2H])([2H])C(C([2H])([2H])[2H])(C([2H])([2H])[2H])[Si](C(C)C)(C([2H])([2H])[2H])C(C([2H])([2H])[2H])(C([2H])([2H])[2H])C([2H])([2H])[2H].